The molecule has 0 bridgehead atoms. The maximum Gasteiger partial charge on any atom is 0.0737 e. The van der Waals surface area contributed by atoms with Gasteiger partial charge in [0, 0.05) is 17.8 Å². The second-order valence-electron chi connectivity index (χ2n) is 3.84. The van der Waals surface area contributed by atoms with Crippen LogP contribution in [0.1, 0.15) is 19.0 Å². The van der Waals surface area contributed by atoms with Crippen LogP contribution in [0.25, 0.3) is 11.3 Å². The number of nitrogens with two attached hydrogens (primary N) is 1. The van der Waals surface area contributed by atoms with Crippen LogP contribution in [-0.2, 0) is 6.54 Å². The maximum atomic E-state index is 5.61. The fourth-order valence-corrected chi connectivity index (χ4v) is 1.70. The fraction of sp³-hybridized carbons (Fsp3) is 0.333. The van der Waals surface area contributed by atoms with Crippen LogP contribution in [-0.4, -0.2) is 14.8 Å². The van der Waals surface area contributed by atoms with Gasteiger partial charge in [-0.15, -0.1) is 0 Å². The number of anilines is 1. The lowest BCUT2D eigenvalue weighted by Gasteiger charge is -2.03. The molecule has 4 heteroatoms. The second-order valence-corrected chi connectivity index (χ2v) is 3.84. The molecule has 2 aromatic rings. The number of nitrogens with zero attached hydrogens (tertiary/aromatic N) is 3. The van der Waals surface area contributed by atoms with Crippen LogP contribution in [0.15, 0.2) is 24.5 Å². The summed E-state index contributed by atoms with van der Waals surface area (Å²) in [6.07, 6.45) is 4.62. The molecule has 0 fully saturated rings. The summed E-state index contributed by atoms with van der Waals surface area (Å²) >= 11 is 0. The molecule has 16 heavy (non-hydrogen) atoms. The number of hydrogen-bond donors (Lipinski definition) is 1. The minimum atomic E-state index is 0.683. The van der Waals surface area contributed by atoms with Gasteiger partial charge in [-0.2, -0.15) is 5.10 Å². The molecular weight excluding hydrogens is 200 g/mol. The average Bonchev–Trinajstić information content (AvgIpc) is 2.63. The zero-order chi connectivity index (χ0) is 11.5. The topological polar surface area (TPSA) is 56.7 Å². The molecule has 0 aliphatic rings. The highest BCUT2D eigenvalue weighted by atomic mass is 15.3. The van der Waals surface area contributed by atoms with Gasteiger partial charge in [-0.1, -0.05) is 6.92 Å². The van der Waals surface area contributed by atoms with E-state index in [1.807, 2.05) is 23.0 Å². The third-order valence-electron chi connectivity index (χ3n) is 2.60. The van der Waals surface area contributed by atoms with Crippen molar-refractivity contribution in [2.75, 3.05) is 5.73 Å². The molecule has 0 aliphatic carbocycles. The zero-order valence-electron chi connectivity index (χ0n) is 9.64. The van der Waals surface area contributed by atoms with E-state index in [1.54, 1.807) is 6.20 Å². The van der Waals surface area contributed by atoms with E-state index in [2.05, 4.69) is 23.9 Å². The van der Waals surface area contributed by atoms with Gasteiger partial charge in [0.2, 0.25) is 0 Å². The highest BCUT2D eigenvalue weighted by Crippen LogP contribution is 2.21. The van der Waals surface area contributed by atoms with Gasteiger partial charge in [0.25, 0.3) is 0 Å². The molecule has 2 heterocycles. The number of nitrogen functional groups attached to an aromatic ring is 1. The number of hydrogen-bond acceptors (Lipinski definition) is 3. The van der Waals surface area contributed by atoms with Crippen molar-refractivity contribution in [3.8, 4) is 11.3 Å². The number of pyridine rings is 1. The Morgan fingerprint density at radius 1 is 1.31 bits per heavy atom. The van der Waals surface area contributed by atoms with Gasteiger partial charge in [-0.05, 0) is 25.5 Å². The van der Waals surface area contributed by atoms with Gasteiger partial charge in [-0.3, -0.25) is 9.67 Å². The van der Waals surface area contributed by atoms with Crippen LogP contribution >= 0.6 is 0 Å². The van der Waals surface area contributed by atoms with Crippen LogP contribution in [0.5, 0.6) is 0 Å². The van der Waals surface area contributed by atoms with Crippen molar-refractivity contribution in [2.24, 2.45) is 0 Å². The van der Waals surface area contributed by atoms with E-state index in [1.165, 1.54) is 0 Å². The Kier molecular flexibility index (Phi) is 2.90. The van der Waals surface area contributed by atoms with Gasteiger partial charge < -0.3 is 5.73 Å². The number of rotatable bonds is 3. The lowest BCUT2D eigenvalue weighted by molar-refractivity contribution is 0.587. The monoisotopic (exact) mass is 216 g/mol. The molecule has 0 amide bonds. The first kappa shape index (κ1) is 10.7. The molecule has 0 aromatic carbocycles. The largest absolute Gasteiger partial charge is 0.397 e. The van der Waals surface area contributed by atoms with E-state index < -0.39 is 0 Å². The van der Waals surface area contributed by atoms with Crippen LogP contribution < -0.4 is 5.73 Å². The summed E-state index contributed by atoms with van der Waals surface area (Å²) in [6.45, 7) is 5.15. The van der Waals surface area contributed by atoms with Gasteiger partial charge >= 0.3 is 0 Å². The summed E-state index contributed by atoms with van der Waals surface area (Å²) in [6, 6.07) is 3.79. The molecule has 2 aromatic heterocycles. The van der Waals surface area contributed by atoms with Gasteiger partial charge in [0.1, 0.15) is 0 Å². The first-order chi connectivity index (χ1) is 7.72. The number of aromatic nitrogens is 3. The summed E-state index contributed by atoms with van der Waals surface area (Å²) < 4.78 is 2.01. The predicted molar refractivity (Wildman–Crippen MR) is 64.9 cm³/mol. The Hall–Kier alpha value is -1.84. The third-order valence-corrected chi connectivity index (χ3v) is 2.60. The normalized spacial score (nSPS) is 10.6. The molecule has 0 aliphatic heterocycles. The molecule has 0 unspecified atom stereocenters. The van der Waals surface area contributed by atoms with Crippen LogP contribution in [0.4, 0.5) is 5.69 Å². The van der Waals surface area contributed by atoms with Crippen molar-refractivity contribution in [1.82, 2.24) is 14.8 Å². The van der Waals surface area contributed by atoms with E-state index in [4.69, 9.17) is 5.73 Å². The minimum Gasteiger partial charge on any atom is -0.397 e. The van der Waals surface area contributed by atoms with E-state index in [0.717, 1.165) is 29.9 Å². The highest BCUT2D eigenvalue weighted by molar-refractivity contribution is 5.62. The molecule has 0 saturated heterocycles. The van der Waals surface area contributed by atoms with Gasteiger partial charge in [0.15, 0.2) is 0 Å². The smallest absolute Gasteiger partial charge is 0.0737 e. The third kappa shape index (κ3) is 1.91. The van der Waals surface area contributed by atoms with Crippen molar-refractivity contribution in [3.05, 3.63) is 30.2 Å². The van der Waals surface area contributed by atoms with Gasteiger partial charge in [0.05, 0.1) is 23.8 Å². The van der Waals surface area contributed by atoms with Crippen molar-refractivity contribution in [1.29, 1.82) is 0 Å². The molecule has 0 radical (unpaired) electrons. The minimum absolute atomic E-state index is 0.683. The Labute approximate surface area is 95.1 Å². The SMILES string of the molecule is CCCn1ncc(-c2ccc(N)cn2)c1C. The van der Waals surface area contributed by atoms with Gasteiger partial charge in [-0.25, -0.2) is 0 Å². The lowest BCUT2D eigenvalue weighted by atomic mass is 10.1. The fourth-order valence-electron chi connectivity index (χ4n) is 1.70. The summed E-state index contributed by atoms with van der Waals surface area (Å²) in [5.74, 6) is 0. The van der Waals surface area contributed by atoms with E-state index in [-0.39, 0.29) is 0 Å². The second kappa shape index (κ2) is 4.35. The molecule has 4 nitrogen and oxygen atoms in total. The Morgan fingerprint density at radius 3 is 2.75 bits per heavy atom. The Morgan fingerprint density at radius 2 is 2.12 bits per heavy atom. The summed E-state index contributed by atoms with van der Waals surface area (Å²) in [7, 11) is 0. The average molecular weight is 216 g/mol. The summed E-state index contributed by atoms with van der Waals surface area (Å²) in [5, 5.41) is 4.35. The first-order valence-corrected chi connectivity index (χ1v) is 5.46. The lowest BCUT2D eigenvalue weighted by Crippen LogP contribution is -2.01. The first-order valence-electron chi connectivity index (χ1n) is 5.46. The van der Waals surface area contributed by atoms with Crippen molar-refractivity contribution >= 4 is 5.69 Å². The van der Waals surface area contributed by atoms with E-state index in [9.17, 15) is 0 Å². The molecule has 2 rings (SSSR count). The molecule has 0 atom stereocenters. The molecule has 84 valence electrons. The van der Waals surface area contributed by atoms with E-state index >= 15 is 0 Å². The maximum absolute atomic E-state index is 5.61. The van der Waals surface area contributed by atoms with E-state index in [0.29, 0.717) is 5.69 Å². The standard InChI is InChI=1S/C12H16N4/c1-3-6-16-9(2)11(8-15-16)12-5-4-10(13)7-14-12/h4-5,7-8H,3,6,13H2,1-2H3. The number of aryl methyl sites for hydroxylation is 1. The summed E-state index contributed by atoms with van der Waals surface area (Å²) in [5.41, 5.74) is 9.45. The quantitative estimate of drug-likeness (QED) is 0.856. The molecule has 0 spiro atoms. The molecule has 2 N–H and O–H groups in total. The van der Waals surface area contributed by atoms with Crippen LogP contribution in [0.2, 0.25) is 0 Å². The summed E-state index contributed by atoms with van der Waals surface area (Å²) in [4.78, 5) is 4.30. The highest BCUT2D eigenvalue weighted by Gasteiger charge is 2.08. The zero-order valence-corrected chi connectivity index (χ0v) is 9.64. The Balaban J connectivity index is 2.37. The predicted octanol–water partition coefficient (Wildman–Crippen LogP) is 2.25. The van der Waals surface area contributed by atoms with Crippen molar-refractivity contribution in [3.63, 3.8) is 0 Å². The van der Waals surface area contributed by atoms with Crippen LogP contribution in [0, 0.1) is 6.92 Å². The van der Waals surface area contributed by atoms with Crippen molar-refractivity contribution < 1.29 is 0 Å². The van der Waals surface area contributed by atoms with Crippen molar-refractivity contribution in [2.45, 2.75) is 26.8 Å². The molecular formula is C12H16N4. The Bertz CT molecular complexity index is 470. The van der Waals surface area contributed by atoms with Crippen LogP contribution in [0.3, 0.4) is 0 Å². The molecule has 0 saturated carbocycles.